The maximum Gasteiger partial charge on any atom is 0.414 e. The van der Waals surface area contributed by atoms with Gasteiger partial charge in [0.05, 0.1) is 26.8 Å². The van der Waals surface area contributed by atoms with Crippen molar-refractivity contribution in [1.29, 1.82) is 0 Å². The Morgan fingerprint density at radius 3 is 2.79 bits per heavy atom. The standard InChI is InChI=1S/C24H29BrFN5O2/c1-24(2,3)33-23(32)30(5)17-9-14(26)8-15-19-21(16(25)10-27-22(19)28-20(15)17)31-11-13-6-7-29(4)18(13)12-31/h8-10,13,18H,6-7,11-12H2,1-5H3,(H,27,28). The Labute approximate surface area is 201 Å². The number of hydrogen-bond donors (Lipinski definition) is 1. The number of halogens is 2. The average molecular weight is 518 g/mol. The van der Waals surface area contributed by atoms with Gasteiger partial charge in [0.15, 0.2) is 0 Å². The molecule has 1 amide bonds. The third-order valence-corrected chi connectivity index (χ3v) is 7.35. The Morgan fingerprint density at radius 1 is 1.33 bits per heavy atom. The lowest BCUT2D eigenvalue weighted by molar-refractivity contribution is 0.0589. The number of rotatable bonds is 2. The lowest BCUT2D eigenvalue weighted by Crippen LogP contribution is -2.34. The summed E-state index contributed by atoms with van der Waals surface area (Å²) < 4.78 is 21.3. The van der Waals surface area contributed by atoms with E-state index in [0.717, 1.165) is 35.2 Å². The molecule has 2 aliphatic heterocycles. The van der Waals surface area contributed by atoms with Gasteiger partial charge in [-0.15, -0.1) is 0 Å². The monoisotopic (exact) mass is 517 g/mol. The number of pyridine rings is 1. The SMILES string of the molecule is CN(C(=O)OC(C)(C)C)c1cc(F)cc2c1[nH]c1ncc(Br)c(N3CC4CCN(C)C4C3)c12. The summed E-state index contributed by atoms with van der Waals surface area (Å²) in [6, 6.07) is 3.39. The smallest absolute Gasteiger partial charge is 0.414 e. The molecule has 4 heterocycles. The Morgan fingerprint density at radius 2 is 2.09 bits per heavy atom. The number of carbonyl (C=O) groups excluding carboxylic acids is 1. The maximum absolute atomic E-state index is 14.9. The van der Waals surface area contributed by atoms with Crippen LogP contribution in [0.4, 0.5) is 20.6 Å². The number of anilines is 2. The number of aromatic amines is 1. The molecular weight excluding hydrogens is 489 g/mol. The minimum Gasteiger partial charge on any atom is -0.443 e. The Hall–Kier alpha value is -2.39. The Bertz CT molecular complexity index is 1250. The van der Waals surface area contributed by atoms with Crippen molar-refractivity contribution in [3.8, 4) is 0 Å². The number of ether oxygens (including phenoxy) is 1. The van der Waals surface area contributed by atoms with Crippen molar-refractivity contribution in [3.63, 3.8) is 0 Å². The number of nitrogens with one attached hydrogen (secondary N) is 1. The number of fused-ring (bicyclic) bond motifs is 4. The van der Waals surface area contributed by atoms with Gasteiger partial charge in [0.1, 0.15) is 17.1 Å². The average Bonchev–Trinajstić information content (AvgIpc) is 3.40. The molecule has 2 unspecified atom stereocenters. The fourth-order valence-corrected chi connectivity index (χ4v) is 5.78. The van der Waals surface area contributed by atoms with Crippen LogP contribution >= 0.6 is 15.9 Å². The third-order valence-electron chi connectivity index (χ3n) is 6.77. The summed E-state index contributed by atoms with van der Waals surface area (Å²) in [5, 5.41) is 1.56. The van der Waals surface area contributed by atoms with Gasteiger partial charge in [-0.3, -0.25) is 4.90 Å². The molecule has 3 aromatic rings. The quantitative estimate of drug-likeness (QED) is 0.510. The first-order chi connectivity index (χ1) is 15.5. The summed E-state index contributed by atoms with van der Waals surface area (Å²) in [6.07, 6.45) is 2.44. The summed E-state index contributed by atoms with van der Waals surface area (Å²) in [6.45, 7) is 8.43. The molecule has 2 fully saturated rings. The number of likely N-dealkylation sites (tertiary alicyclic amines) is 1. The predicted octanol–water partition coefficient (Wildman–Crippen LogP) is 5.13. The first kappa shape index (κ1) is 22.4. The number of nitrogens with zero attached hydrogens (tertiary/aromatic N) is 4. The molecule has 1 aromatic carbocycles. The van der Waals surface area contributed by atoms with Crippen molar-refractivity contribution >= 4 is 55.3 Å². The molecule has 2 aromatic heterocycles. The molecule has 33 heavy (non-hydrogen) atoms. The van der Waals surface area contributed by atoms with E-state index in [1.807, 2.05) is 0 Å². The van der Waals surface area contributed by atoms with Gasteiger partial charge in [0, 0.05) is 37.8 Å². The van der Waals surface area contributed by atoms with Crippen LogP contribution in [0.2, 0.25) is 0 Å². The number of amides is 1. The van der Waals surface area contributed by atoms with Crippen LogP contribution in [-0.4, -0.2) is 66.3 Å². The minimum absolute atomic E-state index is 0.414. The Balaban J connectivity index is 1.64. The molecule has 0 bridgehead atoms. The summed E-state index contributed by atoms with van der Waals surface area (Å²) in [5.74, 6) is 0.207. The van der Waals surface area contributed by atoms with Crippen molar-refractivity contribution in [2.45, 2.75) is 38.8 Å². The van der Waals surface area contributed by atoms with E-state index >= 15 is 0 Å². The van der Waals surface area contributed by atoms with E-state index in [4.69, 9.17) is 4.74 Å². The summed E-state index contributed by atoms with van der Waals surface area (Å²) in [7, 11) is 3.78. The zero-order valence-corrected chi connectivity index (χ0v) is 21.2. The van der Waals surface area contributed by atoms with Crippen LogP contribution in [0.1, 0.15) is 27.2 Å². The molecule has 7 nitrogen and oxygen atoms in total. The fourth-order valence-electron chi connectivity index (χ4n) is 5.23. The van der Waals surface area contributed by atoms with E-state index in [2.05, 4.69) is 42.7 Å². The molecule has 0 saturated carbocycles. The van der Waals surface area contributed by atoms with Crippen LogP contribution in [-0.2, 0) is 4.74 Å². The van der Waals surface area contributed by atoms with Crippen molar-refractivity contribution in [3.05, 3.63) is 28.6 Å². The molecule has 2 atom stereocenters. The first-order valence-electron chi connectivity index (χ1n) is 11.2. The van der Waals surface area contributed by atoms with Crippen LogP contribution in [0, 0.1) is 11.7 Å². The van der Waals surface area contributed by atoms with Gasteiger partial charge >= 0.3 is 6.09 Å². The lowest BCUT2D eigenvalue weighted by atomic mass is 10.1. The zero-order valence-electron chi connectivity index (χ0n) is 19.6. The number of aromatic nitrogens is 2. The summed E-state index contributed by atoms with van der Waals surface area (Å²) in [5.41, 5.74) is 2.10. The van der Waals surface area contributed by atoms with Gasteiger partial charge in [0.2, 0.25) is 0 Å². The van der Waals surface area contributed by atoms with Gasteiger partial charge in [-0.25, -0.2) is 14.2 Å². The second-order valence-electron chi connectivity index (χ2n) is 10.2. The molecule has 5 rings (SSSR count). The van der Waals surface area contributed by atoms with E-state index < -0.39 is 17.5 Å². The highest BCUT2D eigenvalue weighted by Crippen LogP contribution is 2.44. The van der Waals surface area contributed by atoms with E-state index in [1.165, 1.54) is 23.5 Å². The van der Waals surface area contributed by atoms with Gasteiger partial charge in [-0.05, 0) is 74.8 Å². The van der Waals surface area contributed by atoms with Gasteiger partial charge in [-0.1, -0.05) is 0 Å². The fraction of sp³-hybridized carbons (Fsp3) is 0.500. The number of hydrogen-bond acceptors (Lipinski definition) is 5. The highest BCUT2D eigenvalue weighted by Gasteiger charge is 2.40. The van der Waals surface area contributed by atoms with E-state index in [0.29, 0.717) is 34.2 Å². The normalized spacial score (nSPS) is 21.2. The van der Waals surface area contributed by atoms with Crippen LogP contribution in [0.3, 0.4) is 0 Å². The molecule has 176 valence electrons. The first-order valence-corrected chi connectivity index (χ1v) is 12.0. The van der Waals surface area contributed by atoms with Gasteiger partial charge in [-0.2, -0.15) is 0 Å². The number of likely N-dealkylation sites (N-methyl/N-ethyl adjacent to an activating group) is 1. The topological polar surface area (TPSA) is 64.7 Å². The largest absolute Gasteiger partial charge is 0.443 e. The molecular formula is C24H29BrFN5O2. The van der Waals surface area contributed by atoms with Crippen molar-refractivity contribution in [1.82, 2.24) is 14.9 Å². The molecule has 1 N–H and O–H groups in total. The van der Waals surface area contributed by atoms with Gasteiger partial charge < -0.3 is 19.5 Å². The molecule has 0 spiro atoms. The second kappa shape index (κ2) is 7.84. The third kappa shape index (κ3) is 3.85. The van der Waals surface area contributed by atoms with Crippen LogP contribution in [0.5, 0.6) is 0 Å². The highest BCUT2D eigenvalue weighted by molar-refractivity contribution is 9.10. The highest BCUT2D eigenvalue weighted by atomic mass is 79.9. The summed E-state index contributed by atoms with van der Waals surface area (Å²) in [4.78, 5) is 26.8. The Kier molecular flexibility index (Phi) is 5.32. The number of benzene rings is 1. The van der Waals surface area contributed by atoms with Crippen molar-refractivity contribution < 1.29 is 13.9 Å². The second-order valence-corrected chi connectivity index (χ2v) is 11.0. The lowest BCUT2D eigenvalue weighted by Gasteiger charge is -2.25. The maximum atomic E-state index is 14.9. The van der Waals surface area contributed by atoms with Crippen LogP contribution in [0.15, 0.2) is 22.8 Å². The number of carbonyl (C=O) groups is 1. The molecule has 2 saturated heterocycles. The van der Waals surface area contributed by atoms with E-state index in [1.54, 1.807) is 34.0 Å². The minimum atomic E-state index is -0.654. The van der Waals surface area contributed by atoms with E-state index in [-0.39, 0.29) is 0 Å². The summed E-state index contributed by atoms with van der Waals surface area (Å²) >= 11 is 3.71. The zero-order chi connectivity index (χ0) is 23.7. The molecule has 0 radical (unpaired) electrons. The van der Waals surface area contributed by atoms with Crippen LogP contribution in [0.25, 0.3) is 21.9 Å². The predicted molar refractivity (Wildman–Crippen MR) is 133 cm³/mol. The van der Waals surface area contributed by atoms with Gasteiger partial charge in [0.25, 0.3) is 0 Å². The van der Waals surface area contributed by atoms with Crippen molar-refractivity contribution in [2.24, 2.45) is 5.92 Å². The van der Waals surface area contributed by atoms with Crippen molar-refractivity contribution in [2.75, 3.05) is 43.5 Å². The number of H-pyrrole nitrogens is 1. The van der Waals surface area contributed by atoms with Crippen LogP contribution < -0.4 is 9.80 Å². The molecule has 0 aliphatic carbocycles. The molecule has 9 heteroatoms. The molecule has 2 aliphatic rings. The van der Waals surface area contributed by atoms with E-state index in [9.17, 15) is 9.18 Å².